The average molecular weight is 383 g/mol. The summed E-state index contributed by atoms with van der Waals surface area (Å²) in [6.07, 6.45) is 2.21. The number of fused-ring (bicyclic) bond motifs is 3. The fourth-order valence-electron chi connectivity index (χ4n) is 4.28. The lowest BCUT2D eigenvalue weighted by Crippen LogP contribution is -2.33. The molecule has 28 heavy (non-hydrogen) atoms. The van der Waals surface area contributed by atoms with Crippen LogP contribution >= 0.6 is 0 Å². The molecule has 2 aromatic heterocycles. The molecule has 150 valence electrons. The number of ether oxygens (including phenoxy) is 2. The van der Waals surface area contributed by atoms with Crippen LogP contribution in [0.1, 0.15) is 43.2 Å². The molecule has 1 saturated heterocycles. The minimum Gasteiger partial charge on any atom is -0.383 e. The molecule has 4 rings (SSSR count). The second-order valence-corrected chi connectivity index (χ2v) is 7.73. The van der Waals surface area contributed by atoms with Crippen LogP contribution in [-0.2, 0) is 16.0 Å². The smallest absolute Gasteiger partial charge is 0.268 e. The van der Waals surface area contributed by atoms with Crippen LogP contribution in [0, 0.1) is 0 Å². The van der Waals surface area contributed by atoms with Crippen molar-refractivity contribution in [3.8, 4) is 0 Å². The molecule has 0 radical (unpaired) electrons. The second kappa shape index (κ2) is 7.97. The summed E-state index contributed by atoms with van der Waals surface area (Å²) in [5, 5.41) is 4.24. The molecule has 0 saturated carbocycles. The van der Waals surface area contributed by atoms with E-state index in [0.717, 1.165) is 30.5 Å². The number of carbonyl (C=O) groups excluding carboxylic acids is 1. The highest BCUT2D eigenvalue weighted by molar-refractivity contribution is 6.10. The van der Waals surface area contributed by atoms with E-state index in [1.165, 1.54) is 10.9 Å². The van der Waals surface area contributed by atoms with Crippen LogP contribution in [0.25, 0.3) is 21.9 Å². The normalized spacial score (nSPS) is 17.2. The molecular formula is C22H29N3O3. The summed E-state index contributed by atoms with van der Waals surface area (Å²) in [7, 11) is 1.69. The van der Waals surface area contributed by atoms with Crippen LogP contribution in [0.15, 0.2) is 30.3 Å². The van der Waals surface area contributed by atoms with Crippen LogP contribution in [0.5, 0.6) is 0 Å². The van der Waals surface area contributed by atoms with Crippen molar-refractivity contribution in [1.82, 2.24) is 14.5 Å². The van der Waals surface area contributed by atoms with Gasteiger partial charge in [0.05, 0.1) is 29.3 Å². The lowest BCUT2D eigenvalue weighted by Gasteiger charge is -2.13. The van der Waals surface area contributed by atoms with E-state index in [1.807, 2.05) is 6.07 Å². The predicted octanol–water partition coefficient (Wildman–Crippen LogP) is 3.73. The Bertz CT molecular complexity index is 980. The third-order valence-electron chi connectivity index (χ3n) is 5.54. The van der Waals surface area contributed by atoms with E-state index in [2.05, 4.69) is 52.6 Å². The summed E-state index contributed by atoms with van der Waals surface area (Å²) in [5.74, 6) is -0.0535. The Balaban J connectivity index is 1.79. The Labute approximate surface area is 165 Å². The summed E-state index contributed by atoms with van der Waals surface area (Å²) < 4.78 is 15.4. The van der Waals surface area contributed by atoms with Gasteiger partial charge in [0.15, 0.2) is 0 Å². The number of benzene rings is 1. The number of hydrogen-bond acceptors (Lipinski definition) is 3. The van der Waals surface area contributed by atoms with Gasteiger partial charge < -0.3 is 23.9 Å². The number of aromatic nitrogens is 2. The van der Waals surface area contributed by atoms with Crippen molar-refractivity contribution in [2.24, 2.45) is 0 Å². The van der Waals surface area contributed by atoms with E-state index in [9.17, 15) is 4.79 Å². The molecule has 0 bridgehead atoms. The fraction of sp³-hybridized carbons (Fsp3) is 0.500. The van der Waals surface area contributed by atoms with Gasteiger partial charge in [0.1, 0.15) is 5.69 Å². The van der Waals surface area contributed by atoms with E-state index in [0.29, 0.717) is 31.4 Å². The topological polar surface area (TPSA) is 57.4 Å². The van der Waals surface area contributed by atoms with Crippen molar-refractivity contribution in [1.29, 1.82) is 0 Å². The number of nitrogens with zero attached hydrogens (tertiary/aromatic N) is 2. The van der Waals surface area contributed by atoms with Crippen LogP contribution in [0.3, 0.4) is 0 Å². The van der Waals surface area contributed by atoms with Crippen molar-refractivity contribution in [2.75, 3.05) is 26.9 Å². The molecule has 1 N–H and O–H groups in total. The number of amides is 1. The molecule has 0 aliphatic carbocycles. The molecule has 1 amide bonds. The highest BCUT2D eigenvalue weighted by atomic mass is 16.5. The third-order valence-corrected chi connectivity index (χ3v) is 5.54. The molecule has 3 aromatic rings. The van der Waals surface area contributed by atoms with Crippen LogP contribution in [0.2, 0.25) is 0 Å². The molecule has 1 fully saturated rings. The van der Waals surface area contributed by atoms with Crippen molar-refractivity contribution >= 4 is 27.8 Å². The second-order valence-electron chi connectivity index (χ2n) is 7.73. The molecule has 1 aromatic carbocycles. The van der Waals surface area contributed by atoms with E-state index in [4.69, 9.17) is 9.47 Å². The van der Waals surface area contributed by atoms with Crippen molar-refractivity contribution in [2.45, 2.75) is 45.4 Å². The first-order chi connectivity index (χ1) is 13.6. The summed E-state index contributed by atoms with van der Waals surface area (Å²) in [4.78, 5) is 13.0. The molecule has 0 spiro atoms. The van der Waals surface area contributed by atoms with E-state index in [1.54, 1.807) is 7.11 Å². The summed E-state index contributed by atoms with van der Waals surface area (Å²) >= 11 is 0. The summed E-state index contributed by atoms with van der Waals surface area (Å²) in [5.41, 5.74) is 4.07. The van der Waals surface area contributed by atoms with Crippen molar-refractivity contribution < 1.29 is 14.3 Å². The van der Waals surface area contributed by atoms with Crippen LogP contribution in [0.4, 0.5) is 0 Å². The Morgan fingerprint density at radius 1 is 1.32 bits per heavy atom. The van der Waals surface area contributed by atoms with Crippen molar-refractivity contribution in [3.05, 3.63) is 36.0 Å². The zero-order valence-electron chi connectivity index (χ0n) is 16.9. The SMILES string of the molecule is COCCn1c(C(=O)NC[C@H]2CCCO2)cc2c1c1ccccc1n2C(C)C. The van der Waals surface area contributed by atoms with Gasteiger partial charge >= 0.3 is 0 Å². The number of nitrogens with one attached hydrogen (secondary N) is 1. The number of hydrogen-bond donors (Lipinski definition) is 1. The van der Waals surface area contributed by atoms with E-state index < -0.39 is 0 Å². The maximum absolute atomic E-state index is 13.0. The number of para-hydroxylation sites is 1. The van der Waals surface area contributed by atoms with E-state index in [-0.39, 0.29) is 12.0 Å². The molecule has 0 unspecified atom stereocenters. The predicted molar refractivity (Wildman–Crippen MR) is 111 cm³/mol. The molecule has 1 aliphatic rings. The Morgan fingerprint density at radius 2 is 2.14 bits per heavy atom. The Morgan fingerprint density at radius 3 is 2.86 bits per heavy atom. The lowest BCUT2D eigenvalue weighted by atomic mass is 10.2. The minimum atomic E-state index is -0.0535. The van der Waals surface area contributed by atoms with Gasteiger partial charge in [-0.3, -0.25) is 4.79 Å². The maximum atomic E-state index is 13.0. The number of carbonyl (C=O) groups is 1. The van der Waals surface area contributed by atoms with Gasteiger partial charge in [0, 0.05) is 38.2 Å². The zero-order chi connectivity index (χ0) is 19.7. The first kappa shape index (κ1) is 19.0. The van der Waals surface area contributed by atoms with Crippen molar-refractivity contribution in [3.63, 3.8) is 0 Å². The van der Waals surface area contributed by atoms with Crippen LogP contribution in [-0.4, -0.2) is 48.0 Å². The van der Waals surface area contributed by atoms with Crippen LogP contribution < -0.4 is 5.32 Å². The quantitative estimate of drug-likeness (QED) is 0.676. The molecule has 6 nitrogen and oxygen atoms in total. The van der Waals surface area contributed by atoms with Gasteiger partial charge in [-0.25, -0.2) is 0 Å². The highest BCUT2D eigenvalue weighted by Gasteiger charge is 2.23. The molecule has 1 aliphatic heterocycles. The largest absolute Gasteiger partial charge is 0.383 e. The number of methoxy groups -OCH3 is 1. The molecule has 1 atom stereocenters. The summed E-state index contributed by atoms with van der Waals surface area (Å²) in [6, 6.07) is 10.7. The first-order valence-corrected chi connectivity index (χ1v) is 10.1. The lowest BCUT2D eigenvalue weighted by molar-refractivity contribution is 0.0848. The minimum absolute atomic E-state index is 0.0535. The Kier molecular flexibility index (Phi) is 5.42. The average Bonchev–Trinajstić information content (AvgIpc) is 3.39. The summed E-state index contributed by atoms with van der Waals surface area (Å²) in [6.45, 7) is 6.89. The maximum Gasteiger partial charge on any atom is 0.268 e. The van der Waals surface area contributed by atoms with Gasteiger partial charge in [0.25, 0.3) is 5.91 Å². The molecular weight excluding hydrogens is 354 g/mol. The van der Waals surface area contributed by atoms with Gasteiger partial charge in [-0.05, 0) is 38.8 Å². The van der Waals surface area contributed by atoms with E-state index >= 15 is 0 Å². The fourth-order valence-corrected chi connectivity index (χ4v) is 4.28. The standard InChI is InChI=1S/C22H29N3O3/c1-15(2)25-18-9-5-4-8-17(18)21-19(25)13-20(24(21)10-12-27-3)22(26)23-14-16-7-6-11-28-16/h4-5,8-9,13,15-16H,6-7,10-12,14H2,1-3H3,(H,23,26)/t16-/m1/s1. The highest BCUT2D eigenvalue weighted by Crippen LogP contribution is 2.34. The molecule has 3 heterocycles. The Hall–Kier alpha value is -2.31. The van der Waals surface area contributed by atoms with Gasteiger partial charge in [-0.15, -0.1) is 0 Å². The zero-order valence-corrected chi connectivity index (χ0v) is 16.9. The third kappa shape index (κ3) is 3.31. The monoisotopic (exact) mass is 383 g/mol. The number of rotatable bonds is 7. The van der Waals surface area contributed by atoms with Gasteiger partial charge in [-0.1, -0.05) is 18.2 Å². The molecule has 6 heteroatoms. The first-order valence-electron chi connectivity index (χ1n) is 10.1. The van der Waals surface area contributed by atoms with Gasteiger partial charge in [-0.2, -0.15) is 0 Å². The van der Waals surface area contributed by atoms with Gasteiger partial charge in [0.2, 0.25) is 0 Å².